The van der Waals surface area contributed by atoms with Gasteiger partial charge in [0.2, 0.25) is 0 Å². The van der Waals surface area contributed by atoms with Crippen molar-refractivity contribution < 1.29 is 14.1 Å². The van der Waals surface area contributed by atoms with Gasteiger partial charge in [0, 0.05) is 42.3 Å². The van der Waals surface area contributed by atoms with Crippen molar-refractivity contribution in [3.8, 4) is 0 Å². The quantitative estimate of drug-likeness (QED) is 0.710. The number of pyridine rings is 1. The monoisotopic (exact) mass is 412 g/mol. The lowest BCUT2D eigenvalue weighted by Gasteiger charge is -2.31. The van der Waals surface area contributed by atoms with Gasteiger partial charge >= 0.3 is 0 Å². The number of nitrogens with one attached hydrogen (secondary N) is 1. The predicted octanol–water partition coefficient (Wildman–Crippen LogP) is 3.56. The molecule has 2 aromatic heterocycles. The lowest BCUT2D eigenvalue weighted by atomic mass is 9.90. The fourth-order valence-corrected chi connectivity index (χ4v) is 3.95. The standard InChI is InChI=1S/C21H21ClN4O3/c1-12-11-16(19(27)23-2)17-18(25-29-20(17)24-12)13-7-9-26(10-8-13)21(28)14-3-5-15(22)6-4-14/h3-6,11,13H,7-10H2,1-2H3,(H,23,27). The van der Waals surface area contributed by atoms with Crippen LogP contribution in [0.3, 0.4) is 0 Å². The molecule has 2 amide bonds. The summed E-state index contributed by atoms with van der Waals surface area (Å²) in [5.74, 6) is -0.104. The Hall–Kier alpha value is -2.93. The van der Waals surface area contributed by atoms with Crippen LogP contribution in [-0.2, 0) is 0 Å². The van der Waals surface area contributed by atoms with E-state index in [1.807, 2.05) is 11.8 Å². The van der Waals surface area contributed by atoms with Crippen LogP contribution in [0.15, 0.2) is 34.9 Å². The largest absolute Gasteiger partial charge is 0.355 e. The van der Waals surface area contributed by atoms with E-state index in [1.165, 1.54) is 0 Å². The van der Waals surface area contributed by atoms with Crippen molar-refractivity contribution in [3.05, 3.63) is 57.9 Å². The Morgan fingerprint density at radius 3 is 2.55 bits per heavy atom. The maximum absolute atomic E-state index is 12.7. The van der Waals surface area contributed by atoms with Gasteiger partial charge in [0.1, 0.15) is 0 Å². The highest BCUT2D eigenvalue weighted by atomic mass is 35.5. The molecule has 29 heavy (non-hydrogen) atoms. The molecule has 1 aliphatic heterocycles. The molecule has 1 saturated heterocycles. The van der Waals surface area contributed by atoms with E-state index in [4.69, 9.17) is 16.1 Å². The third-order valence-electron chi connectivity index (χ3n) is 5.33. The second-order valence-electron chi connectivity index (χ2n) is 7.21. The number of aryl methyl sites for hydroxylation is 1. The van der Waals surface area contributed by atoms with E-state index in [9.17, 15) is 9.59 Å². The number of carbonyl (C=O) groups is 2. The molecule has 7 nitrogen and oxygen atoms in total. The molecule has 0 unspecified atom stereocenters. The average molecular weight is 413 g/mol. The zero-order chi connectivity index (χ0) is 20.5. The van der Waals surface area contributed by atoms with E-state index in [0.717, 1.165) is 18.5 Å². The van der Waals surface area contributed by atoms with Crippen LogP contribution < -0.4 is 5.32 Å². The Bertz CT molecular complexity index is 1070. The third kappa shape index (κ3) is 3.70. The number of amides is 2. The van der Waals surface area contributed by atoms with E-state index in [-0.39, 0.29) is 17.7 Å². The van der Waals surface area contributed by atoms with Crippen LogP contribution in [-0.4, -0.2) is 47.0 Å². The number of carbonyl (C=O) groups excluding carboxylic acids is 2. The summed E-state index contributed by atoms with van der Waals surface area (Å²) >= 11 is 5.91. The molecule has 3 aromatic rings. The summed E-state index contributed by atoms with van der Waals surface area (Å²) in [4.78, 5) is 31.3. The highest BCUT2D eigenvalue weighted by Crippen LogP contribution is 2.34. The van der Waals surface area contributed by atoms with Gasteiger partial charge in [0.25, 0.3) is 17.5 Å². The highest BCUT2D eigenvalue weighted by Gasteiger charge is 2.30. The van der Waals surface area contributed by atoms with Gasteiger partial charge in [-0.15, -0.1) is 0 Å². The maximum atomic E-state index is 12.7. The molecule has 0 atom stereocenters. The maximum Gasteiger partial charge on any atom is 0.259 e. The smallest absolute Gasteiger partial charge is 0.259 e. The van der Waals surface area contributed by atoms with E-state index in [1.54, 1.807) is 37.4 Å². The second kappa shape index (κ2) is 7.83. The first-order valence-corrected chi connectivity index (χ1v) is 9.89. The molecule has 0 bridgehead atoms. The summed E-state index contributed by atoms with van der Waals surface area (Å²) in [6, 6.07) is 8.68. The summed E-state index contributed by atoms with van der Waals surface area (Å²) in [6.07, 6.45) is 1.48. The fourth-order valence-electron chi connectivity index (χ4n) is 3.82. The van der Waals surface area contributed by atoms with Crippen molar-refractivity contribution in [2.45, 2.75) is 25.7 Å². The molecule has 4 rings (SSSR count). The van der Waals surface area contributed by atoms with Crippen molar-refractivity contribution in [2.75, 3.05) is 20.1 Å². The number of hydrogen-bond acceptors (Lipinski definition) is 5. The van der Waals surface area contributed by atoms with Crippen molar-refractivity contribution in [1.82, 2.24) is 20.4 Å². The van der Waals surface area contributed by atoms with Crippen LogP contribution in [0.1, 0.15) is 50.9 Å². The van der Waals surface area contributed by atoms with Gasteiger partial charge in [0.05, 0.1) is 16.6 Å². The molecule has 0 aliphatic carbocycles. The zero-order valence-electron chi connectivity index (χ0n) is 16.2. The summed E-state index contributed by atoms with van der Waals surface area (Å²) < 4.78 is 5.44. The topological polar surface area (TPSA) is 88.3 Å². The molecular weight excluding hydrogens is 392 g/mol. The normalized spacial score (nSPS) is 14.9. The molecule has 1 aliphatic rings. The summed E-state index contributed by atoms with van der Waals surface area (Å²) in [5, 5.41) is 8.18. The fraction of sp³-hybridized carbons (Fsp3) is 0.333. The van der Waals surface area contributed by atoms with Gasteiger partial charge in [-0.05, 0) is 50.1 Å². The number of nitrogens with zero attached hydrogens (tertiary/aromatic N) is 3. The second-order valence-corrected chi connectivity index (χ2v) is 7.65. The van der Waals surface area contributed by atoms with Gasteiger partial charge < -0.3 is 14.7 Å². The number of benzene rings is 1. The molecule has 150 valence electrons. The highest BCUT2D eigenvalue weighted by molar-refractivity contribution is 6.30. The predicted molar refractivity (Wildman–Crippen MR) is 109 cm³/mol. The van der Waals surface area contributed by atoms with Crippen LogP contribution in [0.5, 0.6) is 0 Å². The molecule has 0 saturated carbocycles. The van der Waals surface area contributed by atoms with Gasteiger partial charge in [-0.3, -0.25) is 9.59 Å². The third-order valence-corrected chi connectivity index (χ3v) is 5.58. The van der Waals surface area contributed by atoms with Crippen LogP contribution in [0.4, 0.5) is 0 Å². The first-order valence-electron chi connectivity index (χ1n) is 9.51. The minimum absolute atomic E-state index is 0.00605. The number of piperidine rings is 1. The minimum Gasteiger partial charge on any atom is -0.355 e. The SMILES string of the molecule is CNC(=O)c1cc(C)nc2onc(C3CCN(C(=O)c4ccc(Cl)cc4)CC3)c12. The molecule has 0 spiro atoms. The summed E-state index contributed by atoms with van der Waals surface area (Å²) in [6.45, 7) is 3.03. The molecule has 1 fully saturated rings. The lowest BCUT2D eigenvalue weighted by molar-refractivity contribution is 0.0711. The van der Waals surface area contributed by atoms with Gasteiger partial charge in [-0.2, -0.15) is 0 Å². The zero-order valence-corrected chi connectivity index (χ0v) is 17.0. The number of fused-ring (bicyclic) bond motifs is 1. The number of likely N-dealkylation sites (tertiary alicyclic amines) is 1. The minimum atomic E-state index is -0.194. The molecular formula is C21H21ClN4O3. The Balaban J connectivity index is 1.56. The Kier molecular flexibility index (Phi) is 5.24. The molecule has 1 N–H and O–H groups in total. The van der Waals surface area contributed by atoms with E-state index >= 15 is 0 Å². The number of hydrogen-bond donors (Lipinski definition) is 1. The van der Waals surface area contributed by atoms with Crippen LogP contribution in [0.2, 0.25) is 5.02 Å². The van der Waals surface area contributed by atoms with Crippen molar-refractivity contribution in [3.63, 3.8) is 0 Å². The first-order chi connectivity index (χ1) is 14.0. The number of rotatable bonds is 3. The van der Waals surface area contributed by atoms with E-state index in [2.05, 4.69) is 15.5 Å². The molecule has 0 radical (unpaired) electrons. The van der Waals surface area contributed by atoms with Gasteiger partial charge in [-0.1, -0.05) is 16.8 Å². The first kappa shape index (κ1) is 19.4. The van der Waals surface area contributed by atoms with Crippen molar-refractivity contribution >= 4 is 34.5 Å². The van der Waals surface area contributed by atoms with Crippen LogP contribution >= 0.6 is 11.6 Å². The molecule has 3 heterocycles. The molecule has 1 aromatic carbocycles. The van der Waals surface area contributed by atoms with Crippen LogP contribution in [0.25, 0.3) is 11.1 Å². The van der Waals surface area contributed by atoms with Gasteiger partial charge in [-0.25, -0.2) is 4.98 Å². The van der Waals surface area contributed by atoms with Crippen molar-refractivity contribution in [2.24, 2.45) is 0 Å². The lowest BCUT2D eigenvalue weighted by Crippen LogP contribution is -2.38. The van der Waals surface area contributed by atoms with E-state index in [0.29, 0.717) is 46.0 Å². The summed E-state index contributed by atoms with van der Waals surface area (Å²) in [7, 11) is 1.60. The number of aromatic nitrogens is 2. The molecule has 8 heteroatoms. The Labute approximate surface area is 173 Å². The number of halogens is 1. The average Bonchev–Trinajstić information content (AvgIpc) is 3.16. The van der Waals surface area contributed by atoms with E-state index < -0.39 is 0 Å². The Morgan fingerprint density at radius 1 is 1.21 bits per heavy atom. The van der Waals surface area contributed by atoms with Crippen molar-refractivity contribution in [1.29, 1.82) is 0 Å². The van der Waals surface area contributed by atoms with Crippen LogP contribution in [0, 0.1) is 6.92 Å². The Morgan fingerprint density at radius 2 is 1.90 bits per heavy atom. The van der Waals surface area contributed by atoms with Gasteiger partial charge in [0.15, 0.2) is 0 Å². The summed E-state index contributed by atoms with van der Waals surface area (Å²) in [5.41, 5.74) is 2.96.